The molecule has 2 rings (SSSR count). The lowest BCUT2D eigenvalue weighted by molar-refractivity contribution is 0.254. The van der Waals surface area contributed by atoms with Gasteiger partial charge in [0.2, 0.25) is 5.88 Å². The Hall–Kier alpha value is -1.95. The van der Waals surface area contributed by atoms with Crippen LogP contribution >= 0.6 is 0 Å². The zero-order valence-electron chi connectivity index (χ0n) is 16.5. The Morgan fingerprint density at radius 2 is 2.04 bits per heavy atom. The van der Waals surface area contributed by atoms with Crippen molar-refractivity contribution in [3.8, 4) is 5.88 Å². The molecule has 0 radical (unpaired) electrons. The number of aryl methyl sites for hydroxylation is 1. The Morgan fingerprint density at radius 3 is 2.71 bits per heavy atom. The van der Waals surface area contributed by atoms with E-state index in [1.807, 2.05) is 0 Å². The summed E-state index contributed by atoms with van der Waals surface area (Å²) in [7, 11) is 1.50. The minimum absolute atomic E-state index is 0.0556. The highest BCUT2D eigenvalue weighted by atomic mass is 19.1. The van der Waals surface area contributed by atoms with Crippen molar-refractivity contribution >= 4 is 0 Å². The van der Waals surface area contributed by atoms with Crippen molar-refractivity contribution in [2.75, 3.05) is 7.05 Å². The van der Waals surface area contributed by atoms with Gasteiger partial charge < -0.3 is 10.1 Å². The van der Waals surface area contributed by atoms with Gasteiger partial charge in [0, 0.05) is 27.4 Å². The topological polar surface area (TPSA) is 39.1 Å². The van der Waals surface area contributed by atoms with E-state index in [0.717, 1.165) is 24.6 Å². The summed E-state index contributed by atoms with van der Waals surface area (Å²) in [6, 6.07) is 4.66. The number of hydrogen-bond acceptors (Lipinski definition) is 3. The maximum Gasteiger partial charge on any atom is 0.212 e. The van der Waals surface area contributed by atoms with Crippen LogP contribution in [0.25, 0.3) is 0 Å². The molecule has 6 heteroatoms. The van der Waals surface area contributed by atoms with Gasteiger partial charge >= 0.3 is 0 Å². The van der Waals surface area contributed by atoms with Gasteiger partial charge in [0.15, 0.2) is 0 Å². The van der Waals surface area contributed by atoms with Crippen molar-refractivity contribution in [2.24, 2.45) is 5.41 Å². The minimum atomic E-state index is -1.82. The molecule has 1 aromatic carbocycles. The molecule has 0 bridgehead atoms. The molecule has 0 aliphatic rings. The largest absolute Gasteiger partial charge is 0.473 e. The van der Waals surface area contributed by atoms with Crippen molar-refractivity contribution in [3.05, 3.63) is 47.2 Å². The maximum absolute atomic E-state index is 13.8. The van der Waals surface area contributed by atoms with Crippen LogP contribution in [0, 0.1) is 17.0 Å². The molecule has 24 heavy (non-hydrogen) atoms. The third-order valence-electron chi connectivity index (χ3n) is 3.45. The molecule has 0 unspecified atom stereocenters. The number of ether oxygens (including phenoxy) is 1. The van der Waals surface area contributed by atoms with Crippen LogP contribution < -0.4 is 10.1 Å². The molecule has 1 N–H and O–H groups in total. The second kappa shape index (κ2) is 7.75. The average molecular weight is 339 g/mol. The van der Waals surface area contributed by atoms with E-state index in [9.17, 15) is 8.78 Å². The molecule has 0 fully saturated rings. The van der Waals surface area contributed by atoms with Crippen LogP contribution in [0.1, 0.15) is 41.2 Å². The van der Waals surface area contributed by atoms with E-state index in [1.165, 1.54) is 13.1 Å². The Labute approximate surface area is 144 Å². The lowest BCUT2D eigenvalue weighted by atomic mass is 9.92. The van der Waals surface area contributed by atoms with Crippen molar-refractivity contribution in [1.82, 2.24) is 15.1 Å². The smallest absolute Gasteiger partial charge is 0.212 e. The fourth-order valence-electron chi connectivity index (χ4n) is 2.11. The third-order valence-corrected chi connectivity index (χ3v) is 3.45. The Kier molecular flexibility index (Phi) is 5.03. The van der Waals surface area contributed by atoms with Gasteiger partial charge in [-0.05, 0) is 37.1 Å². The predicted molar refractivity (Wildman–Crippen MR) is 89.8 cm³/mol. The molecule has 0 amide bonds. The summed E-state index contributed by atoms with van der Waals surface area (Å²) in [4.78, 5) is 0. The number of nitrogens with zero attached hydrogens (tertiary/aromatic N) is 2. The molecular formula is C18H25F2N3O. The summed E-state index contributed by atoms with van der Waals surface area (Å²) in [6.45, 7) is 4.79. The number of rotatable bonds is 7. The molecule has 132 valence electrons. The third kappa shape index (κ3) is 5.30. The lowest BCUT2D eigenvalue weighted by Crippen LogP contribution is -2.13. The quantitative estimate of drug-likeness (QED) is 0.832. The highest BCUT2D eigenvalue weighted by Crippen LogP contribution is 2.23. The molecular weight excluding hydrogens is 312 g/mol. The average Bonchev–Trinajstić information content (AvgIpc) is 2.97. The van der Waals surface area contributed by atoms with Gasteiger partial charge in [-0.2, -0.15) is 5.10 Å². The monoisotopic (exact) mass is 339 g/mol. The van der Waals surface area contributed by atoms with Crippen LogP contribution in [0.2, 0.25) is 0 Å². The van der Waals surface area contributed by atoms with Crippen molar-refractivity contribution in [3.63, 3.8) is 0 Å². The van der Waals surface area contributed by atoms with Crippen LogP contribution in [0.5, 0.6) is 5.88 Å². The van der Waals surface area contributed by atoms with Gasteiger partial charge in [-0.15, -0.1) is 0 Å². The van der Waals surface area contributed by atoms with E-state index in [2.05, 4.69) is 31.2 Å². The number of hydrogen-bond donors (Lipinski definition) is 1. The minimum Gasteiger partial charge on any atom is -0.473 e. The van der Waals surface area contributed by atoms with E-state index in [0.29, 0.717) is 12.4 Å². The number of halogens is 2. The van der Waals surface area contributed by atoms with Crippen molar-refractivity contribution in [1.29, 1.82) is 0 Å². The first-order valence-corrected chi connectivity index (χ1v) is 7.86. The lowest BCUT2D eigenvalue weighted by Gasteiger charge is -2.18. The van der Waals surface area contributed by atoms with Crippen molar-refractivity contribution < 1.29 is 16.3 Å². The second-order valence-electron chi connectivity index (χ2n) is 6.80. The van der Waals surface area contributed by atoms with Crippen molar-refractivity contribution in [2.45, 2.75) is 46.8 Å². The molecule has 0 spiro atoms. The number of benzene rings is 1. The molecule has 1 heterocycles. The van der Waals surface area contributed by atoms with Gasteiger partial charge in [-0.25, -0.2) is 13.5 Å². The SMILES string of the molecule is [2H]C([2H])(NC)c1cc(OCc2cc(F)ccc2F)n(CCC(C)(C)C)n1. The van der Waals surface area contributed by atoms with Gasteiger partial charge in [0.05, 0.1) is 5.69 Å². The number of aromatic nitrogens is 2. The van der Waals surface area contributed by atoms with E-state index in [4.69, 9.17) is 7.48 Å². The van der Waals surface area contributed by atoms with E-state index >= 15 is 0 Å². The summed E-state index contributed by atoms with van der Waals surface area (Å²) in [5, 5.41) is 6.85. The zero-order chi connectivity index (χ0) is 19.5. The first kappa shape index (κ1) is 15.6. The summed E-state index contributed by atoms with van der Waals surface area (Å²) >= 11 is 0. The van der Waals surface area contributed by atoms with Gasteiger partial charge in [0.1, 0.15) is 18.2 Å². The summed E-state index contributed by atoms with van der Waals surface area (Å²) in [5.74, 6) is -0.789. The molecule has 0 saturated carbocycles. The second-order valence-corrected chi connectivity index (χ2v) is 6.80. The standard InChI is InChI=1S/C18H25F2N3O/c1-18(2,3)7-8-23-17(10-15(22-23)11-21-4)24-12-13-9-14(19)5-6-16(13)20/h5-6,9-10,21H,7-8,11-12H2,1-4H3/i11D2. The van der Waals surface area contributed by atoms with Crippen LogP contribution in [-0.2, 0) is 19.6 Å². The Bertz CT molecular complexity index is 757. The fraction of sp³-hybridized carbons (Fsp3) is 0.500. The highest BCUT2D eigenvalue weighted by Gasteiger charge is 2.15. The first-order valence-electron chi connectivity index (χ1n) is 8.86. The van der Waals surface area contributed by atoms with E-state index in [-0.39, 0.29) is 23.3 Å². The molecule has 2 aromatic rings. The summed E-state index contributed by atoms with van der Waals surface area (Å²) in [5.41, 5.74) is 0.315. The molecule has 0 saturated heterocycles. The van der Waals surface area contributed by atoms with Gasteiger partial charge in [-0.1, -0.05) is 20.8 Å². The Morgan fingerprint density at radius 1 is 1.29 bits per heavy atom. The number of nitrogens with one attached hydrogen (secondary N) is 1. The van der Waals surface area contributed by atoms with Gasteiger partial charge in [0.25, 0.3) is 0 Å². The zero-order valence-corrected chi connectivity index (χ0v) is 14.5. The molecule has 0 aliphatic carbocycles. The molecule has 4 nitrogen and oxygen atoms in total. The highest BCUT2D eigenvalue weighted by molar-refractivity contribution is 5.20. The summed E-state index contributed by atoms with van der Waals surface area (Å²) < 4.78 is 50.2. The van der Waals surface area contributed by atoms with Crippen LogP contribution in [0.15, 0.2) is 24.3 Å². The van der Waals surface area contributed by atoms with Gasteiger partial charge in [-0.3, -0.25) is 0 Å². The van der Waals surface area contributed by atoms with Crippen LogP contribution in [-0.4, -0.2) is 16.8 Å². The maximum atomic E-state index is 13.8. The summed E-state index contributed by atoms with van der Waals surface area (Å²) in [6.07, 6.45) is 0.793. The normalized spacial score (nSPS) is 13.6. The van der Waals surface area contributed by atoms with Crippen LogP contribution in [0.4, 0.5) is 8.78 Å². The van der Waals surface area contributed by atoms with E-state index < -0.39 is 18.1 Å². The first-order chi connectivity index (χ1) is 12.0. The molecule has 0 atom stereocenters. The molecule has 1 aromatic heterocycles. The van der Waals surface area contributed by atoms with Crippen LogP contribution in [0.3, 0.4) is 0 Å². The molecule has 0 aliphatic heterocycles. The van der Waals surface area contributed by atoms with E-state index in [1.54, 1.807) is 4.68 Å². The fourth-order valence-corrected chi connectivity index (χ4v) is 2.11. The predicted octanol–water partition coefficient (Wildman–Crippen LogP) is 3.90. The Balaban J connectivity index is 2.25.